The maximum atomic E-state index is 13.8. The van der Waals surface area contributed by atoms with E-state index in [9.17, 15) is 19.7 Å². The number of thiophene rings is 1. The van der Waals surface area contributed by atoms with Crippen LogP contribution in [0.3, 0.4) is 0 Å². The number of carbonyl (C=O) groups is 2. The van der Waals surface area contributed by atoms with Crippen molar-refractivity contribution in [2.45, 2.75) is 25.8 Å². The number of rotatable bonds is 9. The molecule has 10 heteroatoms. The molecule has 3 aromatic rings. The van der Waals surface area contributed by atoms with Gasteiger partial charge in [-0.05, 0) is 60.0 Å². The summed E-state index contributed by atoms with van der Waals surface area (Å²) in [6.45, 7) is 3.10. The molecule has 1 unspecified atom stereocenters. The molecule has 0 N–H and O–H groups in total. The van der Waals surface area contributed by atoms with Gasteiger partial charge in [-0.15, -0.1) is 11.3 Å². The molecule has 0 spiro atoms. The monoisotopic (exact) mass is 541 g/mol. The SMILES string of the molecule is COCCCN(CC(=O)N1CCc2sccc2C1c1ccccc1C)C(=O)c1ccc(Cl)c([N+](=O)[O-])c1. The number of fused-ring (bicyclic) bond motifs is 1. The van der Waals surface area contributed by atoms with Gasteiger partial charge in [0.05, 0.1) is 11.0 Å². The number of benzene rings is 2. The minimum absolute atomic E-state index is 0.0514. The van der Waals surface area contributed by atoms with Crippen LogP contribution in [0.4, 0.5) is 5.69 Å². The summed E-state index contributed by atoms with van der Waals surface area (Å²) in [6.07, 6.45) is 1.27. The molecule has 2 amide bonds. The van der Waals surface area contributed by atoms with Crippen molar-refractivity contribution in [2.24, 2.45) is 0 Å². The maximum Gasteiger partial charge on any atom is 0.288 e. The molecule has 1 aliphatic heterocycles. The zero-order chi connectivity index (χ0) is 26.5. The molecule has 2 aromatic carbocycles. The van der Waals surface area contributed by atoms with E-state index < -0.39 is 10.8 Å². The highest BCUT2D eigenvalue weighted by Crippen LogP contribution is 2.39. The van der Waals surface area contributed by atoms with E-state index in [1.807, 2.05) is 36.1 Å². The Kier molecular flexibility index (Phi) is 8.58. The summed E-state index contributed by atoms with van der Waals surface area (Å²) >= 11 is 7.64. The Morgan fingerprint density at radius 1 is 1.22 bits per heavy atom. The van der Waals surface area contributed by atoms with E-state index in [1.165, 1.54) is 21.9 Å². The van der Waals surface area contributed by atoms with Gasteiger partial charge in [-0.3, -0.25) is 19.7 Å². The van der Waals surface area contributed by atoms with E-state index in [0.717, 1.165) is 29.2 Å². The first kappa shape index (κ1) is 26.8. The molecule has 37 heavy (non-hydrogen) atoms. The van der Waals surface area contributed by atoms with Crippen molar-refractivity contribution >= 4 is 40.4 Å². The highest BCUT2D eigenvalue weighted by molar-refractivity contribution is 7.10. The summed E-state index contributed by atoms with van der Waals surface area (Å²) in [5.41, 5.74) is 3.02. The van der Waals surface area contributed by atoms with E-state index in [4.69, 9.17) is 16.3 Å². The van der Waals surface area contributed by atoms with Crippen molar-refractivity contribution in [3.63, 3.8) is 0 Å². The molecule has 8 nitrogen and oxygen atoms in total. The van der Waals surface area contributed by atoms with Crippen LogP contribution in [0.5, 0.6) is 0 Å². The van der Waals surface area contributed by atoms with Gasteiger partial charge in [0.25, 0.3) is 11.6 Å². The average molecular weight is 542 g/mol. The highest BCUT2D eigenvalue weighted by Gasteiger charge is 2.35. The van der Waals surface area contributed by atoms with E-state index in [1.54, 1.807) is 18.4 Å². The second kappa shape index (κ2) is 11.9. The minimum Gasteiger partial charge on any atom is -0.385 e. The van der Waals surface area contributed by atoms with Crippen LogP contribution in [0.25, 0.3) is 0 Å². The number of hydrogen-bond acceptors (Lipinski definition) is 6. The second-order valence-corrected chi connectivity index (χ2v) is 10.3. The predicted molar refractivity (Wildman–Crippen MR) is 143 cm³/mol. The van der Waals surface area contributed by atoms with E-state index in [2.05, 4.69) is 11.4 Å². The van der Waals surface area contributed by atoms with Crippen LogP contribution >= 0.6 is 22.9 Å². The van der Waals surface area contributed by atoms with Crippen LogP contribution in [0, 0.1) is 17.0 Å². The standard InChI is InChI=1S/C27H28ClN3O5S/c1-18-6-3-4-7-20(18)26-21-11-15-37-24(21)10-13-30(26)25(32)17-29(12-5-14-36-2)27(33)19-8-9-22(28)23(16-19)31(34)35/h3-4,6-9,11,15-16,26H,5,10,12-14,17H2,1-2H3. The molecule has 2 heterocycles. The van der Waals surface area contributed by atoms with E-state index >= 15 is 0 Å². The van der Waals surface area contributed by atoms with Gasteiger partial charge in [0.2, 0.25) is 5.91 Å². The summed E-state index contributed by atoms with van der Waals surface area (Å²) in [7, 11) is 1.57. The summed E-state index contributed by atoms with van der Waals surface area (Å²) in [4.78, 5) is 42.5. The van der Waals surface area contributed by atoms with Gasteiger partial charge in [-0.2, -0.15) is 0 Å². The number of carbonyl (C=O) groups excluding carboxylic acids is 2. The lowest BCUT2D eigenvalue weighted by molar-refractivity contribution is -0.384. The number of amides is 2. The average Bonchev–Trinajstić information content (AvgIpc) is 3.37. The van der Waals surface area contributed by atoms with Crippen LogP contribution in [0.2, 0.25) is 5.02 Å². The lowest BCUT2D eigenvalue weighted by Crippen LogP contribution is -2.47. The predicted octanol–water partition coefficient (Wildman–Crippen LogP) is 5.27. The number of methoxy groups -OCH3 is 1. The first-order valence-corrected chi connectivity index (χ1v) is 13.2. The van der Waals surface area contributed by atoms with Crippen LogP contribution < -0.4 is 0 Å². The Morgan fingerprint density at radius 3 is 2.73 bits per heavy atom. The molecule has 0 fully saturated rings. The first-order valence-electron chi connectivity index (χ1n) is 11.9. The smallest absolute Gasteiger partial charge is 0.288 e. The molecule has 0 radical (unpaired) electrons. The van der Waals surface area contributed by atoms with E-state index in [-0.39, 0.29) is 41.3 Å². The van der Waals surface area contributed by atoms with Gasteiger partial charge >= 0.3 is 0 Å². The number of halogens is 1. The Balaban J connectivity index is 1.63. The molecule has 0 bridgehead atoms. The zero-order valence-corrected chi connectivity index (χ0v) is 22.3. The minimum atomic E-state index is -0.626. The normalized spacial score (nSPS) is 14.8. The lowest BCUT2D eigenvalue weighted by atomic mass is 9.90. The number of hydrogen-bond donors (Lipinski definition) is 0. The van der Waals surface area contributed by atoms with Gasteiger partial charge in [-0.25, -0.2) is 0 Å². The van der Waals surface area contributed by atoms with Crippen LogP contribution in [0.15, 0.2) is 53.9 Å². The molecule has 1 atom stereocenters. The van der Waals surface area contributed by atoms with Crippen molar-refractivity contribution in [3.8, 4) is 0 Å². The summed E-state index contributed by atoms with van der Waals surface area (Å²) in [6, 6.07) is 13.8. The van der Waals surface area contributed by atoms with Crippen molar-refractivity contribution < 1.29 is 19.2 Å². The summed E-state index contributed by atoms with van der Waals surface area (Å²) in [5.74, 6) is -0.649. The largest absolute Gasteiger partial charge is 0.385 e. The highest BCUT2D eigenvalue weighted by atomic mass is 35.5. The Hall–Kier alpha value is -3.27. The Morgan fingerprint density at radius 2 is 2.00 bits per heavy atom. The van der Waals surface area contributed by atoms with Crippen LogP contribution in [0.1, 0.15) is 44.4 Å². The maximum absolute atomic E-state index is 13.8. The topological polar surface area (TPSA) is 93.0 Å². The molecule has 0 saturated heterocycles. The zero-order valence-electron chi connectivity index (χ0n) is 20.7. The van der Waals surface area contributed by atoms with Crippen molar-refractivity contribution in [3.05, 3.63) is 96.2 Å². The fourth-order valence-corrected chi connectivity index (χ4v) is 5.78. The van der Waals surface area contributed by atoms with E-state index in [0.29, 0.717) is 19.6 Å². The fraction of sp³-hybridized carbons (Fsp3) is 0.333. The third-order valence-electron chi connectivity index (χ3n) is 6.55. The second-order valence-electron chi connectivity index (χ2n) is 8.89. The summed E-state index contributed by atoms with van der Waals surface area (Å²) in [5, 5.41) is 13.4. The lowest BCUT2D eigenvalue weighted by Gasteiger charge is -2.38. The molecular weight excluding hydrogens is 514 g/mol. The fourth-order valence-electron chi connectivity index (χ4n) is 4.69. The number of aryl methyl sites for hydroxylation is 1. The van der Waals surface area contributed by atoms with Gasteiger partial charge in [0.1, 0.15) is 11.6 Å². The van der Waals surface area contributed by atoms with Crippen molar-refractivity contribution in [2.75, 3.05) is 33.4 Å². The number of nitro groups is 1. The summed E-state index contributed by atoms with van der Waals surface area (Å²) < 4.78 is 5.14. The number of nitrogens with zero attached hydrogens (tertiary/aromatic N) is 3. The Bertz CT molecular complexity index is 1310. The first-order chi connectivity index (χ1) is 17.8. The quantitative estimate of drug-likeness (QED) is 0.209. The third kappa shape index (κ3) is 5.84. The molecule has 1 aliphatic rings. The van der Waals surface area contributed by atoms with Gasteiger partial charge < -0.3 is 14.5 Å². The van der Waals surface area contributed by atoms with Gasteiger partial charge in [-0.1, -0.05) is 35.9 Å². The molecule has 194 valence electrons. The van der Waals surface area contributed by atoms with Gasteiger partial charge in [0.15, 0.2) is 0 Å². The van der Waals surface area contributed by atoms with Crippen molar-refractivity contribution in [1.82, 2.24) is 9.80 Å². The molecule has 1 aromatic heterocycles. The van der Waals surface area contributed by atoms with Crippen LogP contribution in [-0.2, 0) is 16.0 Å². The van der Waals surface area contributed by atoms with Gasteiger partial charge in [0, 0.05) is 43.3 Å². The molecule has 0 aliphatic carbocycles. The third-order valence-corrected chi connectivity index (χ3v) is 7.87. The Labute approximate surface area is 224 Å². The number of nitro benzene ring substituents is 1. The molecular formula is C27H28ClN3O5S. The molecule has 0 saturated carbocycles. The molecule has 4 rings (SSSR count). The van der Waals surface area contributed by atoms with Crippen LogP contribution in [-0.4, -0.2) is 59.9 Å². The number of ether oxygens (including phenoxy) is 1. The van der Waals surface area contributed by atoms with Crippen molar-refractivity contribution in [1.29, 1.82) is 0 Å².